The molecule has 2 unspecified atom stereocenters. The van der Waals surface area contributed by atoms with Crippen LogP contribution in [0.2, 0.25) is 0 Å². The first-order valence-corrected chi connectivity index (χ1v) is 41.6. The zero-order chi connectivity index (χ0) is 68.4. The summed E-state index contributed by atoms with van der Waals surface area (Å²) in [7, 11) is -9.90. The van der Waals surface area contributed by atoms with Crippen LogP contribution in [0.4, 0.5) is 0 Å². The lowest BCUT2D eigenvalue weighted by atomic mass is 10.0. The van der Waals surface area contributed by atoms with Crippen LogP contribution in [0.3, 0.4) is 0 Å². The van der Waals surface area contributed by atoms with Gasteiger partial charge in [-0.15, -0.1) is 0 Å². The van der Waals surface area contributed by atoms with Gasteiger partial charge < -0.3 is 33.8 Å². The Morgan fingerprint density at radius 1 is 0.290 bits per heavy atom. The van der Waals surface area contributed by atoms with Crippen molar-refractivity contribution in [3.05, 3.63) is 0 Å². The van der Waals surface area contributed by atoms with Crippen LogP contribution in [-0.2, 0) is 65.4 Å². The highest BCUT2D eigenvalue weighted by molar-refractivity contribution is 7.47. The van der Waals surface area contributed by atoms with Crippen molar-refractivity contribution < 1.29 is 80.2 Å². The zero-order valence-electron chi connectivity index (χ0n) is 60.4. The van der Waals surface area contributed by atoms with E-state index in [0.29, 0.717) is 25.7 Å². The monoisotopic (exact) mass is 1370 g/mol. The van der Waals surface area contributed by atoms with Gasteiger partial charge in [0.25, 0.3) is 0 Å². The predicted molar refractivity (Wildman–Crippen MR) is 377 cm³/mol. The minimum absolute atomic E-state index is 0.105. The molecule has 0 amide bonds. The molecule has 0 saturated carbocycles. The lowest BCUT2D eigenvalue weighted by Crippen LogP contribution is -2.30. The van der Waals surface area contributed by atoms with Gasteiger partial charge in [-0.2, -0.15) is 0 Å². The summed E-state index contributed by atoms with van der Waals surface area (Å²) >= 11 is 0. The van der Waals surface area contributed by atoms with Gasteiger partial charge in [0.15, 0.2) is 12.2 Å². The third-order valence-corrected chi connectivity index (χ3v) is 19.2. The molecule has 17 nitrogen and oxygen atoms in total. The van der Waals surface area contributed by atoms with Crippen molar-refractivity contribution in [3.63, 3.8) is 0 Å². The number of phosphoric acid groups is 2. The Bertz CT molecular complexity index is 1790. The van der Waals surface area contributed by atoms with Gasteiger partial charge in [0.1, 0.15) is 19.3 Å². The number of unbranched alkanes of at least 4 members (excludes halogenated alkanes) is 46. The summed E-state index contributed by atoms with van der Waals surface area (Å²) in [4.78, 5) is 72.6. The number of carbonyl (C=O) groups excluding carboxylic acids is 4. The number of rotatable bonds is 74. The molecule has 0 radical (unpaired) electrons. The molecule has 5 atom stereocenters. The van der Waals surface area contributed by atoms with Gasteiger partial charge in [-0.05, 0) is 31.6 Å². The number of aliphatic hydroxyl groups is 1. The quantitative estimate of drug-likeness (QED) is 0.0222. The number of carbonyl (C=O) groups is 4. The topological polar surface area (TPSA) is 237 Å². The number of ether oxygens (including phenoxy) is 4. The summed E-state index contributed by atoms with van der Waals surface area (Å²) in [6, 6.07) is 0. The summed E-state index contributed by atoms with van der Waals surface area (Å²) in [5.41, 5.74) is 0. The Morgan fingerprint density at radius 3 is 0.731 bits per heavy atom. The maximum atomic E-state index is 13.1. The largest absolute Gasteiger partial charge is 0.472 e. The molecular weight excluding hydrogens is 1220 g/mol. The highest BCUT2D eigenvalue weighted by Crippen LogP contribution is 2.45. The number of esters is 4. The highest BCUT2D eigenvalue weighted by Gasteiger charge is 2.30. The van der Waals surface area contributed by atoms with Crippen molar-refractivity contribution in [2.45, 2.75) is 406 Å². The Hall–Kier alpha value is -1.94. The minimum Gasteiger partial charge on any atom is -0.462 e. The van der Waals surface area contributed by atoms with Crippen molar-refractivity contribution in [1.82, 2.24) is 0 Å². The first-order chi connectivity index (χ1) is 45.0. The summed E-state index contributed by atoms with van der Waals surface area (Å²) in [6.07, 6.45) is 55.6. The van der Waals surface area contributed by atoms with E-state index in [4.69, 9.17) is 37.0 Å². The third-order valence-electron chi connectivity index (χ3n) is 17.3. The van der Waals surface area contributed by atoms with E-state index in [1.165, 1.54) is 205 Å². The van der Waals surface area contributed by atoms with Gasteiger partial charge >= 0.3 is 39.5 Å². The average molecular weight is 1370 g/mol. The molecule has 0 aliphatic carbocycles. The second-order valence-corrected chi connectivity index (χ2v) is 30.1. The van der Waals surface area contributed by atoms with Crippen molar-refractivity contribution >= 4 is 39.5 Å². The Kier molecular flexibility index (Phi) is 65.9. The van der Waals surface area contributed by atoms with Crippen molar-refractivity contribution in [1.29, 1.82) is 0 Å². The SMILES string of the molecule is CCCCCCCCCCCCCCCCCCCCCC(=O)O[C@H](COC(=O)CCCCCCCCCCCCCCCC)COP(=O)(O)OC[C@@H](O)COP(=O)(O)OC[C@@H](COC(=O)CCCCCCCCCC)OC(=O)CCCCCCCCCCCC(C)C. The molecule has 552 valence electrons. The average Bonchev–Trinajstić information content (AvgIpc) is 1.68. The molecule has 0 aromatic rings. The summed E-state index contributed by atoms with van der Waals surface area (Å²) in [5, 5.41) is 10.6. The van der Waals surface area contributed by atoms with Crippen LogP contribution in [0.1, 0.15) is 388 Å². The molecule has 0 aromatic heterocycles. The van der Waals surface area contributed by atoms with E-state index >= 15 is 0 Å². The van der Waals surface area contributed by atoms with Crippen LogP contribution in [0, 0.1) is 5.92 Å². The molecular formula is C74H144O17P2. The van der Waals surface area contributed by atoms with Crippen LogP contribution in [0.5, 0.6) is 0 Å². The number of hydrogen-bond acceptors (Lipinski definition) is 15. The maximum Gasteiger partial charge on any atom is 0.472 e. The van der Waals surface area contributed by atoms with E-state index in [0.717, 1.165) is 102 Å². The van der Waals surface area contributed by atoms with Crippen molar-refractivity contribution in [3.8, 4) is 0 Å². The Morgan fingerprint density at radius 2 is 0.495 bits per heavy atom. The fraction of sp³-hybridized carbons (Fsp3) is 0.946. The molecule has 0 saturated heterocycles. The van der Waals surface area contributed by atoms with Gasteiger partial charge in [-0.3, -0.25) is 37.3 Å². The van der Waals surface area contributed by atoms with Gasteiger partial charge in [0.2, 0.25) is 0 Å². The second-order valence-electron chi connectivity index (χ2n) is 27.2. The number of phosphoric ester groups is 2. The summed E-state index contributed by atoms with van der Waals surface area (Å²) in [5.74, 6) is -1.38. The zero-order valence-corrected chi connectivity index (χ0v) is 62.2. The molecule has 19 heteroatoms. The summed E-state index contributed by atoms with van der Waals surface area (Å²) < 4.78 is 68.4. The minimum atomic E-state index is -4.95. The lowest BCUT2D eigenvalue weighted by Gasteiger charge is -2.21. The normalized spacial score (nSPS) is 14.0. The molecule has 0 aromatic carbocycles. The Labute approximate surface area is 568 Å². The molecule has 0 bridgehead atoms. The van der Waals surface area contributed by atoms with Gasteiger partial charge in [0.05, 0.1) is 26.4 Å². The third kappa shape index (κ3) is 68.4. The van der Waals surface area contributed by atoms with Crippen LogP contribution in [0.25, 0.3) is 0 Å². The van der Waals surface area contributed by atoms with Gasteiger partial charge in [0, 0.05) is 25.7 Å². The van der Waals surface area contributed by atoms with Crippen molar-refractivity contribution in [2.24, 2.45) is 5.92 Å². The van der Waals surface area contributed by atoms with Gasteiger partial charge in [-0.25, -0.2) is 9.13 Å². The fourth-order valence-corrected chi connectivity index (χ4v) is 12.9. The Balaban J connectivity index is 5.20. The first-order valence-electron chi connectivity index (χ1n) is 38.6. The number of hydrogen-bond donors (Lipinski definition) is 3. The molecule has 0 aliphatic rings. The van der Waals surface area contributed by atoms with Crippen LogP contribution in [-0.4, -0.2) is 96.7 Å². The fourth-order valence-electron chi connectivity index (χ4n) is 11.4. The molecule has 0 spiro atoms. The molecule has 93 heavy (non-hydrogen) atoms. The van der Waals surface area contributed by atoms with E-state index in [1.807, 2.05) is 0 Å². The molecule has 0 heterocycles. The highest BCUT2D eigenvalue weighted by atomic mass is 31.2. The van der Waals surface area contributed by atoms with Crippen LogP contribution >= 0.6 is 15.6 Å². The van der Waals surface area contributed by atoms with E-state index in [1.54, 1.807) is 0 Å². The van der Waals surface area contributed by atoms with Crippen LogP contribution in [0.15, 0.2) is 0 Å². The molecule has 3 N–H and O–H groups in total. The molecule has 0 fully saturated rings. The van der Waals surface area contributed by atoms with E-state index in [-0.39, 0.29) is 25.7 Å². The first kappa shape index (κ1) is 91.1. The molecule has 0 aliphatic heterocycles. The second kappa shape index (κ2) is 67.3. The van der Waals surface area contributed by atoms with E-state index < -0.39 is 97.5 Å². The maximum absolute atomic E-state index is 13.1. The van der Waals surface area contributed by atoms with Gasteiger partial charge in [-0.1, -0.05) is 336 Å². The molecule has 0 rings (SSSR count). The smallest absolute Gasteiger partial charge is 0.462 e. The van der Waals surface area contributed by atoms with Crippen LogP contribution < -0.4 is 0 Å². The van der Waals surface area contributed by atoms with E-state index in [2.05, 4.69) is 34.6 Å². The summed E-state index contributed by atoms with van der Waals surface area (Å²) in [6.45, 7) is 7.23. The van der Waals surface area contributed by atoms with E-state index in [9.17, 15) is 43.2 Å². The van der Waals surface area contributed by atoms with Crippen molar-refractivity contribution in [2.75, 3.05) is 39.6 Å². The number of aliphatic hydroxyl groups excluding tert-OH is 1. The lowest BCUT2D eigenvalue weighted by molar-refractivity contribution is -0.161. The predicted octanol–water partition coefficient (Wildman–Crippen LogP) is 21.7. The standard InChI is InChI=1S/C74H144O17P2/c1-6-9-12-15-18-21-23-25-27-28-29-30-31-33-35-39-44-49-54-59-73(78)90-70(64-85-72(77)58-53-48-43-38-34-32-26-24-22-19-16-13-10-7-2)66-89-93(82,83)87-62-68(75)61-86-92(80,81)88-65-69(63-84-71(76)57-52-47-42-20-17-14-11-8-3)91-74(79)60-55-50-45-40-36-37-41-46-51-56-67(4)5/h67-70,75H,6-66H2,1-5H3,(H,80,81)(H,82,83)/t68-,69+,70+/m0/s1.